The second-order valence-electron chi connectivity index (χ2n) is 9.00. The predicted octanol–water partition coefficient (Wildman–Crippen LogP) is 3.28. The zero-order valence-electron chi connectivity index (χ0n) is 19.2. The van der Waals surface area contributed by atoms with Crippen molar-refractivity contribution in [2.45, 2.75) is 18.3 Å². The molecule has 180 valence electrons. The summed E-state index contributed by atoms with van der Waals surface area (Å²) in [5.74, 6) is 1.05. The van der Waals surface area contributed by atoms with Crippen LogP contribution in [-0.4, -0.2) is 70.2 Å². The highest BCUT2D eigenvalue weighted by molar-refractivity contribution is 5.87. The van der Waals surface area contributed by atoms with Gasteiger partial charge in [0.1, 0.15) is 18.1 Å². The number of aliphatic hydroxyl groups is 3. The van der Waals surface area contributed by atoms with Crippen LogP contribution >= 0.6 is 0 Å². The number of methoxy groups -OCH3 is 1. The van der Waals surface area contributed by atoms with Crippen molar-refractivity contribution in [3.8, 4) is 39.8 Å². The first-order valence-electron chi connectivity index (χ1n) is 11.7. The number of aliphatic hydroxyl groups excluding tert-OH is 1. The molecule has 3 heterocycles. The number of nitrogens with one attached hydrogen (secondary N) is 1. The van der Waals surface area contributed by atoms with Crippen LogP contribution in [0.3, 0.4) is 0 Å². The molecule has 4 atom stereocenters. The maximum Gasteiger partial charge on any atom is 0.294 e. The zero-order chi connectivity index (χ0) is 23.9. The largest absolute Gasteiger partial charge is 0.507 e. The lowest BCUT2D eigenvalue weighted by Crippen LogP contribution is -2.32. The molecule has 6 rings (SSSR count). The molecule has 35 heavy (non-hydrogen) atoms. The van der Waals surface area contributed by atoms with E-state index in [9.17, 15) is 10.2 Å². The third kappa shape index (κ3) is 3.99. The van der Waals surface area contributed by atoms with Gasteiger partial charge in [-0.25, -0.2) is 0 Å². The van der Waals surface area contributed by atoms with E-state index in [0.29, 0.717) is 31.6 Å². The summed E-state index contributed by atoms with van der Waals surface area (Å²) in [6, 6.07) is 19.6. The number of H-pyrrole nitrogens is 1. The molecule has 4 aromatic rings. The quantitative estimate of drug-likeness (QED) is 0.369. The van der Waals surface area contributed by atoms with E-state index in [1.165, 1.54) is 0 Å². The fraction of sp³-hybridized carbons (Fsp3) is 0.296. The van der Waals surface area contributed by atoms with E-state index in [-0.39, 0.29) is 23.9 Å². The number of hydrogen-bond donors (Lipinski definition) is 3. The fourth-order valence-electron chi connectivity index (χ4n) is 4.98. The first kappa shape index (κ1) is 21.9. The van der Waals surface area contributed by atoms with Crippen LogP contribution in [0.5, 0.6) is 17.5 Å². The van der Waals surface area contributed by atoms with E-state index in [4.69, 9.17) is 14.2 Å². The maximum atomic E-state index is 10.2. The molecule has 3 aromatic carbocycles. The minimum absolute atomic E-state index is 0.0261. The van der Waals surface area contributed by atoms with Crippen LogP contribution in [0, 0.1) is 5.92 Å². The second-order valence-corrected chi connectivity index (χ2v) is 9.00. The molecular formula is C27H27N2O6+. The number of aromatic nitrogens is 2. The highest BCUT2D eigenvalue weighted by atomic mass is 16.6. The number of para-hydroxylation sites is 1. The van der Waals surface area contributed by atoms with Crippen molar-refractivity contribution in [3.63, 3.8) is 0 Å². The Morgan fingerprint density at radius 1 is 1.09 bits per heavy atom. The molecule has 0 spiro atoms. The number of imidazole rings is 1. The van der Waals surface area contributed by atoms with Crippen LogP contribution in [0.2, 0.25) is 0 Å². The standard InChI is InChI=1S/C27H26N2O6/c1-32-24-11-21-20(28-27(29-21)35-13-17-12-33-26-23(31)14-34-25(17)26)10-19(24)16-8-6-15(7-9-16)18-4-2-3-5-22(18)30/h2-11,17,23,25-26,30-31H,12-14H2,1H3,(H,28,29)/p+1/t17-,23+,25+,26+/m0/s1. The molecule has 2 saturated heterocycles. The van der Waals surface area contributed by atoms with Gasteiger partial charge in [-0.3, -0.25) is 0 Å². The summed E-state index contributed by atoms with van der Waals surface area (Å²) in [7, 11) is 1.64. The van der Waals surface area contributed by atoms with Gasteiger partial charge in [0.2, 0.25) is 0 Å². The number of fused-ring (bicyclic) bond motifs is 2. The first-order valence-corrected chi connectivity index (χ1v) is 11.7. The summed E-state index contributed by atoms with van der Waals surface area (Å²) in [5, 5.41) is 20.1. The van der Waals surface area contributed by atoms with E-state index < -0.39 is 6.10 Å². The van der Waals surface area contributed by atoms with Gasteiger partial charge in [0.05, 0.1) is 30.7 Å². The summed E-state index contributed by atoms with van der Waals surface area (Å²) in [4.78, 5) is 7.83. The van der Waals surface area contributed by atoms with Crippen LogP contribution in [0.4, 0.5) is 0 Å². The van der Waals surface area contributed by atoms with Gasteiger partial charge >= 0.3 is 0 Å². The number of aromatic hydroxyl groups is 1. The summed E-state index contributed by atoms with van der Waals surface area (Å²) in [6.45, 7) is 1.35. The average molecular weight is 476 g/mol. The van der Waals surface area contributed by atoms with Crippen molar-refractivity contribution in [1.29, 1.82) is 0 Å². The minimum atomic E-state index is -0.519. The number of rotatable bonds is 6. The van der Waals surface area contributed by atoms with Crippen LogP contribution in [0.15, 0.2) is 60.7 Å². The molecule has 0 amide bonds. The number of phenolic OH excluding ortho intramolecular Hbond substituents is 1. The fourth-order valence-corrected chi connectivity index (χ4v) is 4.98. The molecule has 0 saturated carbocycles. The molecule has 1 aromatic heterocycles. The number of ether oxygens (including phenoxy) is 4. The molecule has 0 bridgehead atoms. The second kappa shape index (κ2) is 8.88. The van der Waals surface area contributed by atoms with E-state index in [1.54, 1.807) is 13.2 Å². The van der Waals surface area contributed by atoms with Crippen molar-refractivity contribution >= 4 is 11.0 Å². The Hall–Kier alpha value is -3.59. The number of benzene rings is 3. The lowest BCUT2D eigenvalue weighted by Gasteiger charge is -2.12. The van der Waals surface area contributed by atoms with Gasteiger partial charge in [0.15, 0.2) is 24.9 Å². The van der Waals surface area contributed by atoms with Gasteiger partial charge in [-0.2, -0.15) is 4.98 Å². The van der Waals surface area contributed by atoms with Gasteiger partial charge in [-0.1, -0.05) is 42.5 Å². The Labute approximate surface area is 202 Å². The molecule has 0 aliphatic carbocycles. The van der Waals surface area contributed by atoms with Crippen LogP contribution in [0.1, 0.15) is 0 Å². The Kier molecular flexibility index (Phi) is 5.56. The van der Waals surface area contributed by atoms with Gasteiger partial charge in [0, 0.05) is 17.2 Å². The van der Waals surface area contributed by atoms with E-state index in [0.717, 1.165) is 33.3 Å². The van der Waals surface area contributed by atoms with Gasteiger partial charge in [-0.15, -0.1) is 0 Å². The average Bonchev–Trinajstić information content (AvgIpc) is 3.58. The van der Waals surface area contributed by atoms with E-state index in [2.05, 4.69) is 14.7 Å². The summed E-state index contributed by atoms with van der Waals surface area (Å²) < 4.78 is 21.8. The molecular weight excluding hydrogens is 448 g/mol. The summed E-state index contributed by atoms with van der Waals surface area (Å²) >= 11 is 0. The van der Waals surface area contributed by atoms with Crippen LogP contribution < -0.4 is 9.47 Å². The Morgan fingerprint density at radius 3 is 2.63 bits per heavy atom. The monoisotopic (exact) mass is 475 g/mol. The number of nitrogens with zero attached hydrogens (tertiary/aromatic N) is 1. The molecule has 2 aliphatic rings. The van der Waals surface area contributed by atoms with Gasteiger partial charge in [-0.05, 0) is 23.3 Å². The van der Waals surface area contributed by atoms with Crippen LogP contribution in [-0.2, 0) is 4.74 Å². The van der Waals surface area contributed by atoms with Gasteiger partial charge in [0.25, 0.3) is 6.01 Å². The zero-order valence-corrected chi connectivity index (χ0v) is 19.2. The summed E-state index contributed by atoms with van der Waals surface area (Å²) in [6.07, 6.45) is -0.764. The third-order valence-electron chi connectivity index (χ3n) is 6.83. The van der Waals surface area contributed by atoms with Crippen molar-refractivity contribution in [3.05, 3.63) is 60.7 Å². The molecule has 8 nitrogen and oxygen atoms in total. The summed E-state index contributed by atoms with van der Waals surface area (Å²) in [5.41, 5.74) is 5.20. The Bertz CT molecular complexity index is 1350. The molecule has 8 heteroatoms. The Morgan fingerprint density at radius 2 is 1.86 bits per heavy atom. The van der Waals surface area contributed by atoms with E-state index >= 15 is 0 Å². The highest BCUT2D eigenvalue weighted by Crippen LogP contribution is 2.37. The van der Waals surface area contributed by atoms with Crippen molar-refractivity contribution in [1.82, 2.24) is 9.97 Å². The van der Waals surface area contributed by atoms with Crippen molar-refractivity contribution in [2.24, 2.45) is 5.92 Å². The normalized spacial score (nSPS) is 23.5. The van der Waals surface area contributed by atoms with Crippen molar-refractivity contribution in [2.75, 3.05) is 26.9 Å². The maximum absolute atomic E-state index is 10.2. The predicted molar refractivity (Wildman–Crippen MR) is 131 cm³/mol. The number of aromatic amines is 1. The van der Waals surface area contributed by atoms with E-state index in [1.807, 2.05) is 54.6 Å². The topological polar surface area (TPSA) is 110 Å². The lowest BCUT2D eigenvalue weighted by molar-refractivity contribution is -0.0930. The molecule has 0 radical (unpaired) electrons. The molecule has 0 unspecified atom stereocenters. The lowest BCUT2D eigenvalue weighted by atomic mass is 9.99. The molecule has 2 fully saturated rings. The first-order chi connectivity index (χ1) is 17.1. The number of hydrogen-bond acceptors (Lipinski definition) is 6. The van der Waals surface area contributed by atoms with Gasteiger partial charge < -0.3 is 34.1 Å². The SMILES string of the molecule is COc1cc2nc(OC[C@@H]3CO[C@H]4[C@@H]3[OH+]C[C@H]4O)[nH]c2cc1-c1ccc(-c2ccccc2O)cc1. The van der Waals surface area contributed by atoms with Crippen molar-refractivity contribution < 1.29 is 29.2 Å². The highest BCUT2D eigenvalue weighted by Gasteiger charge is 2.52. The third-order valence-corrected chi connectivity index (χ3v) is 6.83. The molecule has 4 N–H and O–H groups in total. The van der Waals surface area contributed by atoms with Crippen LogP contribution in [0.25, 0.3) is 33.3 Å². The Balaban J connectivity index is 1.23. The number of phenols is 1. The smallest absolute Gasteiger partial charge is 0.294 e. The molecule has 2 aliphatic heterocycles. The minimum Gasteiger partial charge on any atom is -0.507 e.